The van der Waals surface area contributed by atoms with Crippen LogP contribution < -0.4 is 15.8 Å². The molecule has 0 saturated carbocycles. The number of aromatic nitrogens is 2. The van der Waals surface area contributed by atoms with Gasteiger partial charge in [0, 0.05) is 28.8 Å². The van der Waals surface area contributed by atoms with Crippen molar-refractivity contribution < 1.29 is 13.9 Å². The number of aromatic amines is 1. The molecule has 0 aliphatic rings. The molecule has 0 spiro atoms. The number of ether oxygens (including phenoxy) is 1. The molecule has 28 heavy (non-hydrogen) atoms. The van der Waals surface area contributed by atoms with E-state index in [1.807, 2.05) is 48.7 Å². The number of aryl methyl sites for hydroxylation is 1. The van der Waals surface area contributed by atoms with Crippen molar-refractivity contribution in [2.75, 3.05) is 12.4 Å². The van der Waals surface area contributed by atoms with Crippen molar-refractivity contribution >= 4 is 22.7 Å². The number of anilines is 1. The molecule has 0 radical (unpaired) electrons. The van der Waals surface area contributed by atoms with E-state index in [0.29, 0.717) is 22.4 Å². The molecule has 1 amide bonds. The lowest BCUT2D eigenvalue weighted by molar-refractivity contribution is 0.102. The summed E-state index contributed by atoms with van der Waals surface area (Å²) < 4.78 is 12.3. The molecule has 7 heteroatoms. The third-order valence-corrected chi connectivity index (χ3v) is 4.66. The summed E-state index contributed by atoms with van der Waals surface area (Å²) >= 11 is 0. The highest BCUT2D eigenvalue weighted by Crippen LogP contribution is 2.25. The maximum Gasteiger partial charge on any atom is 0.417 e. The van der Waals surface area contributed by atoms with Crippen LogP contribution >= 0.6 is 0 Å². The molecule has 0 aliphatic carbocycles. The van der Waals surface area contributed by atoms with Crippen LogP contribution in [0, 0.1) is 13.8 Å². The molecular formula is C21H19N3O4. The van der Waals surface area contributed by atoms with E-state index in [0.717, 1.165) is 22.8 Å². The molecular weight excluding hydrogens is 358 g/mol. The van der Waals surface area contributed by atoms with Crippen molar-refractivity contribution in [3.05, 3.63) is 76.0 Å². The van der Waals surface area contributed by atoms with Gasteiger partial charge in [-0.3, -0.25) is 9.78 Å². The minimum absolute atomic E-state index is 0.229. The summed E-state index contributed by atoms with van der Waals surface area (Å²) in [6, 6.07) is 14.5. The maximum atomic E-state index is 12.9. The number of benzene rings is 2. The smallest absolute Gasteiger partial charge is 0.417 e. The predicted octanol–water partition coefficient (Wildman–Crippen LogP) is 3.79. The monoisotopic (exact) mass is 377 g/mol. The van der Waals surface area contributed by atoms with E-state index >= 15 is 0 Å². The molecule has 2 heterocycles. The lowest BCUT2D eigenvalue weighted by atomic mass is 10.2. The molecule has 2 N–H and O–H groups in total. The number of fused-ring (bicyclic) bond motifs is 1. The SMILES string of the molecule is COc1cccc(-n2c(C)cc(C(=O)Nc3ccc4oc(=O)[nH]c4c3)c2C)c1. The van der Waals surface area contributed by atoms with E-state index < -0.39 is 5.76 Å². The van der Waals surface area contributed by atoms with E-state index in [2.05, 4.69) is 10.3 Å². The standard InChI is InChI=1S/C21H19N3O4/c1-12-9-17(13(2)24(12)15-5-4-6-16(11-15)27-3)20(25)22-14-7-8-19-18(10-14)23-21(26)28-19/h4-11H,1-3H3,(H,22,25)(H,23,26). The first-order chi connectivity index (χ1) is 13.5. The van der Waals surface area contributed by atoms with Crippen LogP contribution in [0.1, 0.15) is 21.7 Å². The first-order valence-electron chi connectivity index (χ1n) is 8.74. The summed E-state index contributed by atoms with van der Waals surface area (Å²) in [4.78, 5) is 26.7. The number of carbonyl (C=O) groups excluding carboxylic acids is 1. The fourth-order valence-corrected chi connectivity index (χ4v) is 3.37. The van der Waals surface area contributed by atoms with Crippen LogP contribution in [-0.2, 0) is 0 Å². The largest absolute Gasteiger partial charge is 0.497 e. The molecule has 0 aliphatic heterocycles. The number of carbonyl (C=O) groups is 1. The second-order valence-corrected chi connectivity index (χ2v) is 6.50. The van der Waals surface area contributed by atoms with Gasteiger partial charge in [0.1, 0.15) is 5.75 Å². The number of methoxy groups -OCH3 is 1. The van der Waals surface area contributed by atoms with E-state index in [4.69, 9.17) is 9.15 Å². The Labute approximate surface area is 160 Å². The zero-order valence-electron chi connectivity index (χ0n) is 15.7. The van der Waals surface area contributed by atoms with Crippen molar-refractivity contribution in [3.63, 3.8) is 0 Å². The van der Waals surface area contributed by atoms with Crippen LogP contribution in [0.2, 0.25) is 0 Å². The Kier molecular flexibility index (Phi) is 4.27. The topological polar surface area (TPSA) is 89.3 Å². The van der Waals surface area contributed by atoms with Gasteiger partial charge in [0.15, 0.2) is 5.58 Å². The second kappa shape index (κ2) is 6.77. The Hall–Kier alpha value is -3.74. The lowest BCUT2D eigenvalue weighted by Gasteiger charge is -2.11. The van der Waals surface area contributed by atoms with Gasteiger partial charge in [-0.05, 0) is 50.2 Å². The van der Waals surface area contributed by atoms with Crippen LogP contribution in [0.5, 0.6) is 5.75 Å². The molecule has 0 unspecified atom stereocenters. The van der Waals surface area contributed by atoms with Gasteiger partial charge < -0.3 is 19.0 Å². The Morgan fingerprint density at radius 3 is 2.75 bits per heavy atom. The van der Waals surface area contributed by atoms with E-state index in [9.17, 15) is 9.59 Å². The van der Waals surface area contributed by atoms with E-state index in [1.54, 1.807) is 25.3 Å². The van der Waals surface area contributed by atoms with Crippen molar-refractivity contribution in [1.82, 2.24) is 9.55 Å². The highest BCUT2D eigenvalue weighted by Gasteiger charge is 2.17. The van der Waals surface area contributed by atoms with Gasteiger partial charge in [0.05, 0.1) is 18.2 Å². The predicted molar refractivity (Wildman–Crippen MR) is 107 cm³/mol. The molecule has 142 valence electrons. The molecule has 0 bridgehead atoms. The number of nitrogens with zero attached hydrogens (tertiary/aromatic N) is 1. The van der Waals surface area contributed by atoms with Crippen molar-refractivity contribution in [1.29, 1.82) is 0 Å². The highest BCUT2D eigenvalue weighted by atomic mass is 16.5. The summed E-state index contributed by atoms with van der Waals surface area (Å²) in [5.41, 5.74) is 4.79. The molecule has 0 atom stereocenters. The summed E-state index contributed by atoms with van der Waals surface area (Å²) in [7, 11) is 1.62. The Bertz CT molecular complexity index is 1250. The molecule has 0 fully saturated rings. The lowest BCUT2D eigenvalue weighted by Crippen LogP contribution is -2.13. The van der Waals surface area contributed by atoms with Crippen molar-refractivity contribution in [2.24, 2.45) is 0 Å². The fraction of sp³-hybridized carbons (Fsp3) is 0.143. The average molecular weight is 377 g/mol. The molecule has 0 saturated heterocycles. The van der Waals surface area contributed by atoms with Crippen LogP contribution in [0.15, 0.2) is 57.7 Å². The minimum Gasteiger partial charge on any atom is -0.497 e. The summed E-state index contributed by atoms with van der Waals surface area (Å²) in [6.07, 6.45) is 0. The number of rotatable bonds is 4. The van der Waals surface area contributed by atoms with Gasteiger partial charge in [-0.1, -0.05) is 6.07 Å². The van der Waals surface area contributed by atoms with Gasteiger partial charge in [0.2, 0.25) is 0 Å². The van der Waals surface area contributed by atoms with Gasteiger partial charge in [-0.25, -0.2) is 4.79 Å². The first kappa shape index (κ1) is 17.7. The second-order valence-electron chi connectivity index (χ2n) is 6.50. The highest BCUT2D eigenvalue weighted by molar-refractivity contribution is 6.06. The van der Waals surface area contributed by atoms with Crippen LogP contribution in [0.4, 0.5) is 5.69 Å². The Morgan fingerprint density at radius 1 is 1.14 bits per heavy atom. The van der Waals surface area contributed by atoms with Crippen molar-refractivity contribution in [2.45, 2.75) is 13.8 Å². The van der Waals surface area contributed by atoms with Crippen LogP contribution in [0.3, 0.4) is 0 Å². The zero-order chi connectivity index (χ0) is 19.8. The molecule has 4 rings (SSSR count). The molecule has 7 nitrogen and oxygen atoms in total. The molecule has 4 aromatic rings. The number of oxazole rings is 1. The van der Waals surface area contributed by atoms with Crippen LogP contribution in [0.25, 0.3) is 16.8 Å². The van der Waals surface area contributed by atoms with E-state index in [1.165, 1.54) is 0 Å². The Balaban J connectivity index is 1.66. The number of H-pyrrole nitrogens is 1. The normalized spacial score (nSPS) is 11.0. The van der Waals surface area contributed by atoms with Crippen molar-refractivity contribution in [3.8, 4) is 11.4 Å². The van der Waals surface area contributed by atoms with Gasteiger partial charge >= 0.3 is 5.76 Å². The van der Waals surface area contributed by atoms with Gasteiger partial charge in [-0.15, -0.1) is 0 Å². The summed E-state index contributed by atoms with van der Waals surface area (Å²) in [5.74, 6) is -0.00819. The average Bonchev–Trinajstić information content (AvgIpc) is 3.19. The number of hydrogen-bond acceptors (Lipinski definition) is 4. The van der Waals surface area contributed by atoms with Gasteiger partial charge in [-0.2, -0.15) is 0 Å². The minimum atomic E-state index is -0.527. The summed E-state index contributed by atoms with van der Waals surface area (Å²) in [5, 5.41) is 2.87. The third-order valence-electron chi connectivity index (χ3n) is 4.66. The van der Waals surface area contributed by atoms with Crippen LogP contribution in [-0.4, -0.2) is 22.6 Å². The van der Waals surface area contributed by atoms with Gasteiger partial charge in [0.25, 0.3) is 5.91 Å². The molecule has 2 aromatic heterocycles. The zero-order valence-corrected chi connectivity index (χ0v) is 15.7. The maximum absolute atomic E-state index is 12.9. The fourth-order valence-electron chi connectivity index (χ4n) is 3.37. The first-order valence-corrected chi connectivity index (χ1v) is 8.74. The molecule has 2 aromatic carbocycles. The third kappa shape index (κ3) is 3.07. The summed E-state index contributed by atoms with van der Waals surface area (Å²) in [6.45, 7) is 3.85. The van der Waals surface area contributed by atoms with E-state index in [-0.39, 0.29) is 5.91 Å². The number of nitrogens with one attached hydrogen (secondary N) is 2. The number of amides is 1. The Morgan fingerprint density at radius 2 is 1.96 bits per heavy atom. The quantitative estimate of drug-likeness (QED) is 0.566. The number of hydrogen-bond donors (Lipinski definition) is 2.